The number of nitrogens with zero attached hydrogens (tertiary/aromatic N) is 1. The largest absolute Gasteiger partial charge is 0.499 e. The molecule has 0 saturated carbocycles. The summed E-state index contributed by atoms with van der Waals surface area (Å²) in [6.07, 6.45) is 2.48. The van der Waals surface area contributed by atoms with Crippen molar-refractivity contribution in [2.24, 2.45) is 5.92 Å². The summed E-state index contributed by atoms with van der Waals surface area (Å²) in [4.78, 5) is 38.8. The van der Waals surface area contributed by atoms with Crippen molar-refractivity contribution in [2.45, 2.75) is 78.5 Å². The molecule has 7 nitrogen and oxygen atoms in total. The lowest BCUT2D eigenvalue weighted by Crippen LogP contribution is -2.53. The summed E-state index contributed by atoms with van der Waals surface area (Å²) in [5.41, 5.74) is -0.672. The van der Waals surface area contributed by atoms with Crippen molar-refractivity contribution in [3.05, 3.63) is 11.8 Å². The molecule has 0 aromatic rings. The van der Waals surface area contributed by atoms with Crippen LogP contribution in [0.25, 0.3) is 0 Å². The van der Waals surface area contributed by atoms with Crippen molar-refractivity contribution >= 4 is 17.9 Å². The number of carbonyl (C=O) groups is 3. The molecule has 1 N–H and O–H groups in total. The number of hydrogen-bond acceptors (Lipinski definition) is 5. The molecule has 1 aliphatic rings. The van der Waals surface area contributed by atoms with E-state index in [1.165, 1.54) is 18.1 Å². The van der Waals surface area contributed by atoms with E-state index < -0.39 is 35.6 Å². The lowest BCUT2D eigenvalue weighted by atomic mass is 10.0. The van der Waals surface area contributed by atoms with E-state index in [0.717, 1.165) is 6.42 Å². The van der Waals surface area contributed by atoms with Gasteiger partial charge >= 0.3 is 6.09 Å². The van der Waals surface area contributed by atoms with Gasteiger partial charge in [0.15, 0.2) is 0 Å². The van der Waals surface area contributed by atoms with Crippen LogP contribution in [0.1, 0.15) is 60.8 Å². The minimum Gasteiger partial charge on any atom is -0.499 e. The summed E-state index contributed by atoms with van der Waals surface area (Å²) in [6, 6.07) is -1.27. The van der Waals surface area contributed by atoms with Gasteiger partial charge in [-0.25, -0.2) is 4.79 Å². The number of imide groups is 1. The van der Waals surface area contributed by atoms with Crippen LogP contribution in [-0.4, -0.2) is 47.6 Å². The van der Waals surface area contributed by atoms with E-state index in [4.69, 9.17) is 9.47 Å². The molecule has 2 atom stereocenters. The standard InChI is InChI=1S/C19H32N2O5/c1-8-9-14-15(25-7)11-16(22)21(14)17(23)13(10-12(2)3)20-18(24)26-19(4,5)6/h11-14H,8-10H2,1-7H3,(H,20,24)/t13-,14+/m1/s1. The summed E-state index contributed by atoms with van der Waals surface area (Å²) in [5, 5.41) is 2.63. The Morgan fingerprint density at radius 3 is 2.38 bits per heavy atom. The van der Waals surface area contributed by atoms with Gasteiger partial charge in [0.2, 0.25) is 0 Å². The number of nitrogens with one attached hydrogen (secondary N) is 1. The number of amides is 3. The van der Waals surface area contributed by atoms with Crippen LogP contribution >= 0.6 is 0 Å². The third-order valence-corrected chi connectivity index (χ3v) is 3.87. The van der Waals surface area contributed by atoms with Crippen molar-refractivity contribution in [1.82, 2.24) is 10.2 Å². The Morgan fingerprint density at radius 2 is 1.92 bits per heavy atom. The van der Waals surface area contributed by atoms with Gasteiger partial charge in [-0.2, -0.15) is 0 Å². The van der Waals surface area contributed by atoms with Crippen LogP contribution in [0.5, 0.6) is 0 Å². The molecule has 3 amide bonds. The normalized spacial score (nSPS) is 18.6. The Balaban J connectivity index is 3.00. The molecule has 7 heteroatoms. The zero-order valence-corrected chi connectivity index (χ0v) is 16.9. The zero-order chi connectivity index (χ0) is 20.1. The molecule has 0 saturated heterocycles. The average Bonchev–Trinajstić information content (AvgIpc) is 2.79. The molecular formula is C19H32N2O5. The highest BCUT2D eigenvalue weighted by Gasteiger charge is 2.41. The number of hydrogen-bond donors (Lipinski definition) is 1. The lowest BCUT2D eigenvalue weighted by Gasteiger charge is -2.30. The summed E-state index contributed by atoms with van der Waals surface area (Å²) in [6.45, 7) is 11.1. The fourth-order valence-electron chi connectivity index (χ4n) is 2.88. The Labute approximate surface area is 156 Å². The maximum absolute atomic E-state index is 13.1. The molecule has 0 unspecified atom stereocenters. The molecule has 1 heterocycles. The Hall–Kier alpha value is -2.05. The Bertz CT molecular complexity index is 563. The molecule has 26 heavy (non-hydrogen) atoms. The summed E-state index contributed by atoms with van der Waals surface area (Å²) >= 11 is 0. The highest BCUT2D eigenvalue weighted by molar-refractivity contribution is 6.06. The second-order valence-electron chi connectivity index (χ2n) is 7.93. The lowest BCUT2D eigenvalue weighted by molar-refractivity contribution is -0.145. The maximum Gasteiger partial charge on any atom is 0.408 e. The van der Waals surface area contributed by atoms with Gasteiger partial charge in [0.1, 0.15) is 17.4 Å². The first-order valence-corrected chi connectivity index (χ1v) is 9.12. The van der Waals surface area contributed by atoms with Crippen molar-refractivity contribution < 1.29 is 23.9 Å². The minimum absolute atomic E-state index is 0.149. The van der Waals surface area contributed by atoms with E-state index in [0.29, 0.717) is 18.6 Å². The topological polar surface area (TPSA) is 84.9 Å². The van der Waals surface area contributed by atoms with Crippen molar-refractivity contribution in [3.8, 4) is 0 Å². The van der Waals surface area contributed by atoms with Crippen LogP contribution in [0.3, 0.4) is 0 Å². The Kier molecular flexibility index (Phi) is 7.66. The zero-order valence-electron chi connectivity index (χ0n) is 16.9. The van der Waals surface area contributed by atoms with Crippen LogP contribution in [0.15, 0.2) is 11.8 Å². The van der Waals surface area contributed by atoms with Gasteiger partial charge in [0.25, 0.3) is 11.8 Å². The van der Waals surface area contributed by atoms with Gasteiger partial charge < -0.3 is 14.8 Å². The van der Waals surface area contributed by atoms with E-state index >= 15 is 0 Å². The number of rotatable bonds is 7. The van der Waals surface area contributed by atoms with Crippen LogP contribution in [-0.2, 0) is 19.1 Å². The third-order valence-electron chi connectivity index (χ3n) is 3.87. The molecule has 0 aromatic heterocycles. The summed E-state index contributed by atoms with van der Waals surface area (Å²) in [7, 11) is 1.49. The van der Waals surface area contributed by atoms with Crippen LogP contribution in [0.4, 0.5) is 4.79 Å². The maximum atomic E-state index is 13.1. The van der Waals surface area contributed by atoms with Gasteiger partial charge in [-0.15, -0.1) is 0 Å². The van der Waals surface area contributed by atoms with Gasteiger partial charge in [-0.3, -0.25) is 14.5 Å². The third kappa shape index (κ3) is 6.04. The quantitative estimate of drug-likeness (QED) is 0.747. The van der Waals surface area contributed by atoms with Gasteiger partial charge in [-0.1, -0.05) is 27.2 Å². The van der Waals surface area contributed by atoms with Gasteiger partial charge in [0.05, 0.1) is 13.2 Å². The van der Waals surface area contributed by atoms with Crippen molar-refractivity contribution in [1.29, 1.82) is 0 Å². The monoisotopic (exact) mass is 368 g/mol. The second-order valence-corrected chi connectivity index (χ2v) is 7.93. The molecule has 1 aliphatic heterocycles. The first-order valence-electron chi connectivity index (χ1n) is 9.12. The molecule has 0 fully saturated rings. The van der Waals surface area contributed by atoms with E-state index in [2.05, 4.69) is 5.32 Å². The average molecular weight is 368 g/mol. The predicted molar refractivity (Wildman–Crippen MR) is 98.3 cm³/mol. The molecule has 1 rings (SSSR count). The number of alkyl carbamates (subject to hydrolysis) is 1. The van der Waals surface area contributed by atoms with Crippen LogP contribution < -0.4 is 5.32 Å². The van der Waals surface area contributed by atoms with Gasteiger partial charge in [0, 0.05) is 6.08 Å². The van der Waals surface area contributed by atoms with Crippen molar-refractivity contribution in [3.63, 3.8) is 0 Å². The highest BCUT2D eigenvalue weighted by Crippen LogP contribution is 2.26. The molecule has 0 spiro atoms. The first kappa shape index (κ1) is 22.0. The fraction of sp³-hybridized carbons (Fsp3) is 0.737. The van der Waals surface area contributed by atoms with Gasteiger partial charge in [-0.05, 0) is 39.5 Å². The summed E-state index contributed by atoms with van der Waals surface area (Å²) < 4.78 is 10.5. The second kappa shape index (κ2) is 9.05. The van der Waals surface area contributed by atoms with E-state index in [1.54, 1.807) is 20.8 Å². The van der Waals surface area contributed by atoms with E-state index in [1.807, 2.05) is 20.8 Å². The number of methoxy groups -OCH3 is 1. The SMILES string of the molecule is CCC[C@H]1C(OC)=CC(=O)N1C(=O)[C@@H](CC(C)C)NC(=O)OC(C)(C)C. The fourth-order valence-corrected chi connectivity index (χ4v) is 2.88. The minimum atomic E-state index is -0.835. The van der Waals surface area contributed by atoms with E-state index in [9.17, 15) is 14.4 Å². The van der Waals surface area contributed by atoms with Crippen molar-refractivity contribution in [2.75, 3.05) is 7.11 Å². The number of ether oxygens (including phenoxy) is 2. The molecular weight excluding hydrogens is 336 g/mol. The molecule has 0 aromatic carbocycles. The Morgan fingerprint density at radius 1 is 1.31 bits per heavy atom. The molecule has 0 radical (unpaired) electrons. The molecule has 0 aliphatic carbocycles. The van der Waals surface area contributed by atoms with Crippen LogP contribution in [0.2, 0.25) is 0 Å². The van der Waals surface area contributed by atoms with Crippen LogP contribution in [0, 0.1) is 5.92 Å². The van der Waals surface area contributed by atoms with E-state index in [-0.39, 0.29) is 5.92 Å². The molecule has 148 valence electrons. The first-order chi connectivity index (χ1) is 12.0. The smallest absolute Gasteiger partial charge is 0.408 e. The predicted octanol–water partition coefficient (Wildman–Crippen LogP) is 2.99. The number of carbonyl (C=O) groups excluding carboxylic acids is 3. The molecule has 0 bridgehead atoms. The summed E-state index contributed by atoms with van der Waals surface area (Å²) in [5.74, 6) is -0.219. The highest BCUT2D eigenvalue weighted by atomic mass is 16.6.